The number of rotatable bonds is 6. The average molecular weight is 440 g/mol. The minimum atomic E-state index is -0.427. The van der Waals surface area contributed by atoms with Crippen LogP contribution in [-0.2, 0) is 6.54 Å². The number of nitrogens with two attached hydrogens (primary N) is 1. The largest absolute Gasteiger partial charge is 0.497 e. The first-order valence-electron chi connectivity index (χ1n) is 10.4. The lowest BCUT2D eigenvalue weighted by Crippen LogP contribution is -2.29. The Labute approximate surface area is 187 Å². The highest BCUT2D eigenvalue weighted by molar-refractivity contribution is 7.23. The Morgan fingerprint density at radius 1 is 1.19 bits per heavy atom. The number of benzene rings is 2. The third-order valence-corrected chi connectivity index (χ3v) is 6.50. The summed E-state index contributed by atoms with van der Waals surface area (Å²) in [6.45, 7) is 3.39. The molecule has 7 heteroatoms. The molecule has 1 aliphatic rings. The van der Waals surface area contributed by atoms with E-state index in [2.05, 4.69) is 16.3 Å². The van der Waals surface area contributed by atoms with Crippen molar-refractivity contribution >= 4 is 38.6 Å². The van der Waals surface area contributed by atoms with Crippen LogP contribution < -0.4 is 15.8 Å². The molecule has 0 spiro atoms. The minimum Gasteiger partial charge on any atom is -0.497 e. The van der Waals surface area contributed by atoms with E-state index in [1.807, 2.05) is 36.4 Å². The monoisotopic (exact) mass is 439 g/mol. The normalized spacial score (nSPS) is 13.9. The van der Waals surface area contributed by atoms with E-state index in [0.29, 0.717) is 5.56 Å². The van der Waals surface area contributed by atoms with Crippen molar-refractivity contribution in [2.24, 2.45) is 5.73 Å². The number of fused-ring (bicyclic) bond motifs is 1. The summed E-state index contributed by atoms with van der Waals surface area (Å²) in [5.41, 5.74) is 7.94. The molecule has 2 aromatic carbocycles. The van der Waals surface area contributed by atoms with Gasteiger partial charge >= 0.3 is 0 Å². The van der Waals surface area contributed by atoms with E-state index in [0.717, 1.165) is 39.2 Å². The summed E-state index contributed by atoms with van der Waals surface area (Å²) in [4.78, 5) is 24.5. The molecule has 0 saturated carbocycles. The summed E-state index contributed by atoms with van der Waals surface area (Å²) < 4.78 is 6.14. The Hall–Kier alpha value is -2.90. The van der Waals surface area contributed by atoms with Crippen LogP contribution in [0, 0.1) is 0 Å². The second-order valence-corrected chi connectivity index (χ2v) is 8.53. The highest BCUT2D eigenvalue weighted by Crippen LogP contribution is 2.36. The number of nitrogens with one attached hydrogen (secondary N) is 1. The molecule has 6 nitrogen and oxygen atoms in total. The molecule has 3 N–H and O–H groups in total. The Bertz CT molecular complexity index is 1040. The maximum Gasteiger partial charge on any atom is 0.252 e. The number of methoxy groups -OCH3 is 1. The van der Waals surface area contributed by atoms with Gasteiger partial charge in [-0.3, -0.25) is 14.5 Å². The van der Waals surface area contributed by atoms with Crippen LogP contribution >= 0.6 is 11.3 Å². The number of hydrogen-bond donors (Lipinski definition) is 2. The third kappa shape index (κ3) is 5.83. The number of nitrogens with zero attached hydrogens (tertiary/aromatic N) is 1. The first-order chi connectivity index (χ1) is 15.0. The summed E-state index contributed by atoms with van der Waals surface area (Å²) >= 11 is 1.50. The topological polar surface area (TPSA) is 84.7 Å². The lowest BCUT2D eigenvalue weighted by molar-refractivity contribution is 0.100. The molecule has 1 saturated heterocycles. The van der Waals surface area contributed by atoms with Crippen molar-refractivity contribution in [2.45, 2.75) is 25.8 Å². The quantitative estimate of drug-likeness (QED) is 0.551. The van der Waals surface area contributed by atoms with Crippen LogP contribution in [0.2, 0.25) is 0 Å². The molecular formula is C24H29N3O3S. The molecule has 164 valence electrons. The van der Waals surface area contributed by atoms with Crippen LogP contribution in [0.4, 0.5) is 5.00 Å². The van der Waals surface area contributed by atoms with Gasteiger partial charge in [-0.05, 0) is 55.8 Å². The summed E-state index contributed by atoms with van der Waals surface area (Å²) in [5, 5.41) is 4.60. The molecule has 0 bridgehead atoms. The molecule has 3 aromatic rings. The Balaban J connectivity index is 0.000000176. The molecule has 0 atom stereocenters. The Morgan fingerprint density at radius 3 is 2.61 bits per heavy atom. The number of carbonyl (C=O) groups excluding carboxylic acids is 2. The SMILES string of the molecule is CNc1sc2ccc(OC)cc2c1C(N)=O.O=Cc1cccc(CN2CCCCC2)c1. The molecule has 1 aliphatic heterocycles. The predicted octanol–water partition coefficient (Wildman–Crippen LogP) is 4.54. The number of primary amides is 1. The summed E-state index contributed by atoms with van der Waals surface area (Å²) in [6, 6.07) is 13.5. The lowest BCUT2D eigenvalue weighted by Gasteiger charge is -2.26. The molecule has 1 aromatic heterocycles. The first kappa shape index (κ1) is 22.8. The van der Waals surface area contributed by atoms with Gasteiger partial charge in [0.2, 0.25) is 0 Å². The highest BCUT2D eigenvalue weighted by atomic mass is 32.1. The number of piperidine rings is 1. The van der Waals surface area contributed by atoms with E-state index in [1.165, 1.54) is 49.3 Å². The van der Waals surface area contributed by atoms with Crippen molar-refractivity contribution in [1.29, 1.82) is 0 Å². The third-order valence-electron chi connectivity index (χ3n) is 5.31. The Morgan fingerprint density at radius 2 is 1.97 bits per heavy atom. The van der Waals surface area contributed by atoms with Crippen LogP contribution in [0.25, 0.3) is 10.1 Å². The lowest BCUT2D eigenvalue weighted by atomic mass is 10.1. The zero-order chi connectivity index (χ0) is 22.2. The maximum atomic E-state index is 11.4. The number of amides is 1. The molecule has 0 unspecified atom stereocenters. The van der Waals surface area contributed by atoms with E-state index < -0.39 is 5.91 Å². The number of hydrogen-bond acceptors (Lipinski definition) is 6. The zero-order valence-corrected chi connectivity index (χ0v) is 18.8. The van der Waals surface area contributed by atoms with Crippen LogP contribution in [0.5, 0.6) is 5.75 Å². The van der Waals surface area contributed by atoms with Crippen LogP contribution in [-0.4, -0.2) is 44.3 Å². The van der Waals surface area contributed by atoms with Crippen molar-refractivity contribution in [3.05, 3.63) is 59.2 Å². The van der Waals surface area contributed by atoms with Gasteiger partial charge in [0.15, 0.2) is 0 Å². The number of ether oxygens (including phenoxy) is 1. The van der Waals surface area contributed by atoms with Gasteiger partial charge in [-0.25, -0.2) is 0 Å². The van der Waals surface area contributed by atoms with Crippen LogP contribution in [0.3, 0.4) is 0 Å². The molecule has 1 fully saturated rings. The van der Waals surface area contributed by atoms with E-state index in [1.54, 1.807) is 14.2 Å². The van der Waals surface area contributed by atoms with Gasteiger partial charge in [-0.2, -0.15) is 0 Å². The van der Waals surface area contributed by atoms with Crippen molar-refractivity contribution < 1.29 is 14.3 Å². The molecule has 0 aliphatic carbocycles. The number of thiophene rings is 1. The summed E-state index contributed by atoms with van der Waals surface area (Å²) in [7, 11) is 3.37. The molecule has 31 heavy (non-hydrogen) atoms. The minimum absolute atomic E-state index is 0.427. The standard InChI is InChI=1S/C13H17NO.C11H12N2O2S/c15-11-13-6-4-5-12(9-13)10-14-7-2-1-3-8-14;1-13-11-9(10(12)14)7-5-6(15-2)3-4-8(7)16-11/h4-6,9,11H,1-3,7-8,10H2;3-5,13H,1-2H3,(H2,12,14). The van der Waals surface area contributed by atoms with Gasteiger partial charge in [0.05, 0.1) is 12.7 Å². The van der Waals surface area contributed by atoms with Crippen molar-refractivity contribution in [3.8, 4) is 5.75 Å². The average Bonchev–Trinajstić information content (AvgIpc) is 3.18. The van der Waals surface area contributed by atoms with E-state index in [4.69, 9.17) is 10.5 Å². The van der Waals surface area contributed by atoms with Gasteiger partial charge in [-0.15, -0.1) is 11.3 Å². The van der Waals surface area contributed by atoms with Gasteiger partial charge < -0.3 is 15.8 Å². The highest BCUT2D eigenvalue weighted by Gasteiger charge is 2.16. The van der Waals surface area contributed by atoms with Gasteiger partial charge in [0.1, 0.15) is 17.0 Å². The predicted molar refractivity (Wildman–Crippen MR) is 127 cm³/mol. The Kier molecular flexibility index (Phi) is 8.03. The van der Waals surface area contributed by atoms with E-state index in [-0.39, 0.29) is 0 Å². The van der Waals surface area contributed by atoms with Crippen molar-refractivity contribution in [3.63, 3.8) is 0 Å². The van der Waals surface area contributed by atoms with E-state index in [9.17, 15) is 9.59 Å². The summed E-state index contributed by atoms with van der Waals surface area (Å²) in [6.07, 6.45) is 4.91. The first-order valence-corrected chi connectivity index (χ1v) is 11.2. The fraction of sp³-hybridized carbons (Fsp3) is 0.333. The second-order valence-electron chi connectivity index (χ2n) is 7.48. The van der Waals surface area contributed by atoms with Crippen LogP contribution in [0.1, 0.15) is 45.5 Å². The number of carbonyl (C=O) groups is 2. The number of likely N-dealkylation sites (tertiary alicyclic amines) is 1. The summed E-state index contributed by atoms with van der Waals surface area (Å²) in [5.74, 6) is 0.291. The fourth-order valence-corrected chi connectivity index (χ4v) is 4.81. The fourth-order valence-electron chi connectivity index (χ4n) is 3.76. The van der Waals surface area contributed by atoms with Gasteiger partial charge in [0, 0.05) is 29.2 Å². The molecule has 0 radical (unpaired) electrons. The maximum absolute atomic E-state index is 11.4. The smallest absolute Gasteiger partial charge is 0.252 e. The van der Waals surface area contributed by atoms with E-state index >= 15 is 0 Å². The number of aldehydes is 1. The number of anilines is 1. The van der Waals surface area contributed by atoms with Gasteiger partial charge in [0.25, 0.3) is 5.91 Å². The second kappa shape index (κ2) is 10.9. The van der Waals surface area contributed by atoms with Crippen molar-refractivity contribution in [2.75, 3.05) is 32.6 Å². The zero-order valence-electron chi connectivity index (χ0n) is 18.0. The molecular weight excluding hydrogens is 410 g/mol. The van der Waals surface area contributed by atoms with Crippen LogP contribution in [0.15, 0.2) is 42.5 Å². The van der Waals surface area contributed by atoms with Crippen molar-refractivity contribution in [1.82, 2.24) is 4.90 Å². The molecule has 2 heterocycles. The molecule has 1 amide bonds. The van der Waals surface area contributed by atoms with Gasteiger partial charge in [-0.1, -0.05) is 24.6 Å². The molecule has 4 rings (SSSR count).